The summed E-state index contributed by atoms with van der Waals surface area (Å²) in [7, 11) is 0. The van der Waals surface area contributed by atoms with Gasteiger partial charge in [-0.1, -0.05) is 49.0 Å². The Morgan fingerprint density at radius 3 is 2.67 bits per heavy atom. The summed E-state index contributed by atoms with van der Waals surface area (Å²) in [4.78, 5) is 16.0. The Kier molecular flexibility index (Phi) is 4.77. The number of aliphatic carboxylic acids is 1. The van der Waals surface area contributed by atoms with E-state index in [9.17, 15) is 9.90 Å². The minimum absolute atomic E-state index is 0.195. The monoisotopic (exact) mass is 383 g/mol. The number of ether oxygens (including phenoxy) is 2. The fourth-order valence-corrected chi connectivity index (χ4v) is 3.59. The second-order valence-electron chi connectivity index (χ2n) is 5.94. The lowest BCUT2D eigenvalue weighted by molar-refractivity contribution is -0.136. The molecule has 138 valence electrons. The van der Waals surface area contributed by atoms with Crippen LogP contribution in [0.25, 0.3) is 22.6 Å². The van der Waals surface area contributed by atoms with Gasteiger partial charge >= 0.3 is 5.97 Å². The zero-order chi connectivity index (χ0) is 18.8. The number of carboxylic acid groups (broad SMARTS) is 1. The first-order valence-electron chi connectivity index (χ1n) is 8.51. The summed E-state index contributed by atoms with van der Waals surface area (Å²) in [6.45, 7) is 2.02. The average Bonchev–Trinajstić information content (AvgIpc) is 3.32. The lowest BCUT2D eigenvalue weighted by Gasteiger charge is -2.04. The molecular weight excluding hydrogens is 366 g/mol. The third-order valence-electron chi connectivity index (χ3n) is 4.18. The number of nitrogens with zero attached hydrogens (tertiary/aromatic N) is 1. The van der Waals surface area contributed by atoms with Crippen molar-refractivity contribution in [1.82, 2.24) is 4.98 Å². The molecule has 1 N–H and O–H groups in total. The number of carbonyl (C=O) groups is 1. The van der Waals surface area contributed by atoms with E-state index in [1.165, 1.54) is 0 Å². The molecule has 0 amide bonds. The van der Waals surface area contributed by atoms with Gasteiger partial charge in [0.1, 0.15) is 10.9 Å². The average molecular weight is 383 g/mol. The standard InChI is InChI=1S/C20H17NO5S/c1-2-16(19(22)23)27-20-21-17(18(26-20)12-6-4-3-5-7-12)13-8-9-14-15(10-13)25-11-24-14/h3-10,16H,2,11H2,1H3,(H,22,23). The topological polar surface area (TPSA) is 81.8 Å². The van der Waals surface area contributed by atoms with Gasteiger partial charge in [0.15, 0.2) is 17.3 Å². The molecule has 6 nitrogen and oxygen atoms in total. The van der Waals surface area contributed by atoms with Crippen molar-refractivity contribution in [2.24, 2.45) is 0 Å². The van der Waals surface area contributed by atoms with Crippen LogP contribution < -0.4 is 9.47 Å². The lowest BCUT2D eigenvalue weighted by atomic mass is 10.1. The molecular formula is C20H17NO5S. The molecule has 2 aromatic carbocycles. The highest BCUT2D eigenvalue weighted by Crippen LogP contribution is 2.41. The van der Waals surface area contributed by atoms with Crippen molar-refractivity contribution in [3.63, 3.8) is 0 Å². The van der Waals surface area contributed by atoms with Crippen molar-refractivity contribution >= 4 is 17.7 Å². The van der Waals surface area contributed by atoms with Gasteiger partial charge in [-0.15, -0.1) is 0 Å². The van der Waals surface area contributed by atoms with E-state index in [0.29, 0.717) is 34.6 Å². The zero-order valence-electron chi connectivity index (χ0n) is 14.5. The highest BCUT2D eigenvalue weighted by Gasteiger charge is 2.24. The third kappa shape index (κ3) is 3.50. The summed E-state index contributed by atoms with van der Waals surface area (Å²) in [5, 5.41) is 9.05. The van der Waals surface area contributed by atoms with E-state index in [1.54, 1.807) is 0 Å². The first kappa shape index (κ1) is 17.5. The number of hydrogen-bond donors (Lipinski definition) is 1. The van der Waals surface area contributed by atoms with Crippen LogP contribution in [0.5, 0.6) is 11.5 Å². The Morgan fingerprint density at radius 2 is 1.93 bits per heavy atom. The molecule has 2 heterocycles. The molecule has 4 rings (SSSR count). The summed E-state index contributed by atoms with van der Waals surface area (Å²) in [6.07, 6.45) is 0.475. The quantitative estimate of drug-likeness (QED) is 0.618. The van der Waals surface area contributed by atoms with Crippen LogP contribution in [0.3, 0.4) is 0 Å². The first-order chi connectivity index (χ1) is 13.2. The van der Waals surface area contributed by atoms with E-state index in [4.69, 9.17) is 13.9 Å². The minimum Gasteiger partial charge on any atom is -0.480 e. The van der Waals surface area contributed by atoms with Crippen molar-refractivity contribution in [2.75, 3.05) is 6.79 Å². The molecule has 0 saturated heterocycles. The SMILES string of the molecule is CCC(Sc1nc(-c2ccc3c(c2)OCO3)c(-c2ccccc2)o1)C(=O)O. The number of carboxylic acids is 1. The van der Waals surface area contributed by atoms with Crippen LogP contribution in [0.15, 0.2) is 58.2 Å². The number of aromatic nitrogens is 1. The van der Waals surface area contributed by atoms with Crippen molar-refractivity contribution in [2.45, 2.75) is 23.8 Å². The van der Waals surface area contributed by atoms with E-state index >= 15 is 0 Å². The molecule has 0 radical (unpaired) electrons. The maximum absolute atomic E-state index is 11.4. The Balaban J connectivity index is 1.78. The number of oxazole rings is 1. The van der Waals surface area contributed by atoms with Gasteiger partial charge in [-0.25, -0.2) is 4.98 Å². The highest BCUT2D eigenvalue weighted by molar-refractivity contribution is 8.00. The molecule has 7 heteroatoms. The van der Waals surface area contributed by atoms with Crippen LogP contribution in [-0.2, 0) is 4.79 Å². The van der Waals surface area contributed by atoms with Crippen LogP contribution in [0, 0.1) is 0 Å². The van der Waals surface area contributed by atoms with Gasteiger partial charge in [0.25, 0.3) is 5.22 Å². The second kappa shape index (κ2) is 7.36. The molecule has 1 unspecified atom stereocenters. The van der Waals surface area contributed by atoms with Crippen molar-refractivity contribution in [1.29, 1.82) is 0 Å². The van der Waals surface area contributed by atoms with Crippen molar-refractivity contribution in [3.05, 3.63) is 48.5 Å². The van der Waals surface area contributed by atoms with Crippen LogP contribution in [0.2, 0.25) is 0 Å². The van der Waals surface area contributed by atoms with Gasteiger partial charge in [0.2, 0.25) is 6.79 Å². The Labute approximate surface area is 160 Å². The third-order valence-corrected chi connectivity index (χ3v) is 5.37. The molecule has 0 spiro atoms. The minimum atomic E-state index is -0.883. The number of thioether (sulfide) groups is 1. The van der Waals surface area contributed by atoms with Gasteiger partial charge in [-0.3, -0.25) is 4.79 Å². The maximum Gasteiger partial charge on any atom is 0.317 e. The van der Waals surface area contributed by atoms with Gasteiger partial charge in [0, 0.05) is 11.1 Å². The summed E-state index contributed by atoms with van der Waals surface area (Å²) in [5.41, 5.74) is 2.33. The molecule has 0 saturated carbocycles. The summed E-state index contributed by atoms with van der Waals surface area (Å²) >= 11 is 1.11. The molecule has 1 atom stereocenters. The molecule has 27 heavy (non-hydrogen) atoms. The molecule has 0 fully saturated rings. The highest BCUT2D eigenvalue weighted by atomic mass is 32.2. The predicted molar refractivity (Wildman–Crippen MR) is 101 cm³/mol. The number of benzene rings is 2. The fourth-order valence-electron chi connectivity index (χ4n) is 2.81. The van der Waals surface area contributed by atoms with Crippen molar-refractivity contribution < 1.29 is 23.8 Å². The van der Waals surface area contributed by atoms with E-state index < -0.39 is 11.2 Å². The molecule has 0 bridgehead atoms. The number of hydrogen-bond acceptors (Lipinski definition) is 6. The van der Waals surface area contributed by atoms with E-state index in [2.05, 4.69) is 4.98 Å². The van der Waals surface area contributed by atoms with Crippen LogP contribution in [-0.4, -0.2) is 28.1 Å². The van der Waals surface area contributed by atoms with Gasteiger partial charge < -0.3 is 19.0 Å². The predicted octanol–water partition coefficient (Wildman–Crippen LogP) is 4.69. The lowest BCUT2D eigenvalue weighted by Crippen LogP contribution is -2.14. The van der Waals surface area contributed by atoms with Gasteiger partial charge in [0.05, 0.1) is 0 Å². The molecule has 1 aromatic heterocycles. The fraction of sp³-hybridized carbons (Fsp3) is 0.200. The maximum atomic E-state index is 11.4. The molecule has 0 aliphatic carbocycles. The van der Waals surface area contributed by atoms with E-state index in [0.717, 1.165) is 22.9 Å². The Bertz CT molecular complexity index is 970. The summed E-state index contributed by atoms with van der Waals surface area (Å²) < 4.78 is 16.8. The zero-order valence-corrected chi connectivity index (χ0v) is 15.4. The molecule has 3 aromatic rings. The van der Waals surface area contributed by atoms with E-state index in [1.807, 2.05) is 55.5 Å². The normalized spacial score (nSPS) is 13.5. The van der Waals surface area contributed by atoms with Gasteiger partial charge in [-0.2, -0.15) is 0 Å². The Morgan fingerprint density at radius 1 is 1.15 bits per heavy atom. The molecule has 1 aliphatic heterocycles. The van der Waals surface area contributed by atoms with Gasteiger partial charge in [-0.05, 0) is 24.6 Å². The summed E-state index contributed by atoms with van der Waals surface area (Å²) in [5.74, 6) is 1.06. The van der Waals surface area contributed by atoms with Crippen molar-refractivity contribution in [3.8, 4) is 34.1 Å². The number of rotatable bonds is 6. The summed E-state index contributed by atoms with van der Waals surface area (Å²) in [6, 6.07) is 15.2. The van der Waals surface area contributed by atoms with E-state index in [-0.39, 0.29) is 6.79 Å². The smallest absolute Gasteiger partial charge is 0.317 e. The first-order valence-corrected chi connectivity index (χ1v) is 9.39. The number of fused-ring (bicyclic) bond motifs is 1. The van der Waals surface area contributed by atoms with Crippen LogP contribution in [0.4, 0.5) is 0 Å². The van der Waals surface area contributed by atoms with Crippen LogP contribution >= 0.6 is 11.8 Å². The van der Waals surface area contributed by atoms with Crippen LogP contribution in [0.1, 0.15) is 13.3 Å². The largest absolute Gasteiger partial charge is 0.480 e. The Hall–Kier alpha value is -2.93. The molecule has 1 aliphatic rings. The second-order valence-corrected chi connectivity index (χ2v) is 7.10.